The standard InChI is InChI=1S/C23H27B2N4O4/c1-13(2)20(18-11-19(25-24)27-32-18)22(31)29-12-15(30)10-17(29)21-26-23(33-28-21)9-5-7-14-6-3-4-8-16(14)23/h3-4,6,8,11,13,15,17,20,30H,5,7,9-10,12H2,1-2H3,(H,26,28). The van der Waals surface area contributed by atoms with Crippen LogP contribution in [0.1, 0.15) is 55.9 Å². The van der Waals surface area contributed by atoms with Gasteiger partial charge in [-0.05, 0) is 30.4 Å². The third-order valence-corrected chi connectivity index (χ3v) is 6.86. The molecule has 1 aliphatic carbocycles. The Morgan fingerprint density at radius 3 is 2.97 bits per heavy atom. The van der Waals surface area contributed by atoms with Gasteiger partial charge in [0.1, 0.15) is 24.7 Å². The van der Waals surface area contributed by atoms with Crippen LogP contribution in [-0.2, 0) is 21.8 Å². The van der Waals surface area contributed by atoms with E-state index in [4.69, 9.17) is 22.1 Å². The van der Waals surface area contributed by atoms with Crippen LogP contribution in [0.25, 0.3) is 0 Å². The van der Waals surface area contributed by atoms with Crippen LogP contribution in [-0.4, -0.2) is 60.5 Å². The van der Waals surface area contributed by atoms with E-state index >= 15 is 0 Å². The predicted molar refractivity (Wildman–Crippen MR) is 124 cm³/mol. The average Bonchev–Trinajstić information content (AvgIpc) is 3.53. The number of hydroxylamine groups is 1. The van der Waals surface area contributed by atoms with Crippen LogP contribution in [0.5, 0.6) is 0 Å². The van der Waals surface area contributed by atoms with E-state index in [2.05, 4.69) is 22.8 Å². The van der Waals surface area contributed by atoms with Crippen LogP contribution < -0.4 is 11.1 Å². The summed E-state index contributed by atoms with van der Waals surface area (Å²) in [6, 6.07) is 9.47. The molecule has 1 fully saturated rings. The van der Waals surface area contributed by atoms with Crippen LogP contribution in [0.3, 0.4) is 0 Å². The molecule has 3 aliphatic rings. The Hall–Kier alpha value is -2.58. The molecule has 5 rings (SSSR count). The van der Waals surface area contributed by atoms with E-state index in [0.717, 1.165) is 24.8 Å². The third kappa shape index (κ3) is 3.89. The van der Waals surface area contributed by atoms with Gasteiger partial charge in [-0.2, -0.15) is 0 Å². The maximum atomic E-state index is 13.7. The molecule has 0 saturated carbocycles. The normalized spacial score (nSPS) is 27.4. The summed E-state index contributed by atoms with van der Waals surface area (Å²) in [5.41, 5.74) is 4.99. The number of benzene rings is 1. The number of rotatable bonds is 5. The van der Waals surface area contributed by atoms with Gasteiger partial charge < -0.3 is 14.5 Å². The van der Waals surface area contributed by atoms with E-state index in [1.54, 1.807) is 11.0 Å². The van der Waals surface area contributed by atoms with Crippen LogP contribution in [0, 0.1) is 5.92 Å². The van der Waals surface area contributed by atoms with Gasteiger partial charge in [-0.25, -0.2) is 15.3 Å². The third-order valence-electron chi connectivity index (χ3n) is 6.86. The van der Waals surface area contributed by atoms with Crippen molar-refractivity contribution in [2.75, 3.05) is 6.54 Å². The number of likely N-dealkylation sites (tertiary alicyclic amines) is 1. The average molecular weight is 445 g/mol. The molecule has 3 heterocycles. The molecule has 1 aromatic carbocycles. The van der Waals surface area contributed by atoms with Gasteiger partial charge in [-0.15, -0.1) is 0 Å². The van der Waals surface area contributed by atoms with E-state index < -0.39 is 23.8 Å². The number of aromatic nitrogens is 1. The molecule has 169 valence electrons. The number of aliphatic imine (C=N–C) groups is 1. The molecule has 1 amide bonds. The number of hydrogen-bond donors (Lipinski definition) is 2. The Kier molecular flexibility index (Phi) is 5.82. The first-order valence-electron chi connectivity index (χ1n) is 11.5. The minimum atomic E-state index is -0.791. The number of amides is 1. The fourth-order valence-electron chi connectivity index (χ4n) is 5.27. The molecule has 33 heavy (non-hydrogen) atoms. The largest absolute Gasteiger partial charge is 0.391 e. The van der Waals surface area contributed by atoms with Gasteiger partial charge in [0.25, 0.3) is 0 Å². The van der Waals surface area contributed by atoms with Crippen molar-refractivity contribution in [3.63, 3.8) is 0 Å². The lowest BCUT2D eigenvalue weighted by atomic mass is 9.53. The molecule has 4 unspecified atom stereocenters. The van der Waals surface area contributed by atoms with E-state index in [0.29, 0.717) is 23.6 Å². The zero-order chi connectivity index (χ0) is 23.2. The first kappa shape index (κ1) is 22.2. The highest BCUT2D eigenvalue weighted by Gasteiger charge is 2.48. The monoisotopic (exact) mass is 445 g/mol. The highest BCUT2D eigenvalue weighted by Crippen LogP contribution is 2.42. The molecule has 2 aliphatic heterocycles. The molecule has 4 atom stereocenters. The van der Waals surface area contributed by atoms with Crippen molar-refractivity contribution in [2.24, 2.45) is 10.9 Å². The van der Waals surface area contributed by atoms with Crippen molar-refractivity contribution in [1.82, 2.24) is 15.5 Å². The van der Waals surface area contributed by atoms with Crippen LogP contribution >= 0.6 is 0 Å². The van der Waals surface area contributed by atoms with Gasteiger partial charge in [-0.1, -0.05) is 43.3 Å². The number of hydrogen-bond acceptors (Lipinski definition) is 7. The zero-order valence-electron chi connectivity index (χ0n) is 18.9. The second-order valence-electron chi connectivity index (χ2n) is 9.43. The van der Waals surface area contributed by atoms with Crippen LogP contribution in [0.2, 0.25) is 0 Å². The van der Waals surface area contributed by atoms with Crippen molar-refractivity contribution in [1.29, 1.82) is 0 Å². The Labute approximate surface area is 195 Å². The molecule has 1 saturated heterocycles. The Balaban J connectivity index is 1.45. The number of carbonyl (C=O) groups is 1. The fourth-order valence-corrected chi connectivity index (χ4v) is 5.27. The number of carbonyl (C=O) groups excluding carboxylic acids is 1. The molecule has 1 spiro atoms. The SMILES string of the molecule is [B][B]c1cc(C(C(=O)N2CC(O)CC2C2=NC3(CCCc4ccccc43)ON2)C(C)C)on1. The molecule has 2 aromatic rings. The topological polar surface area (TPSA) is 100 Å². The summed E-state index contributed by atoms with van der Waals surface area (Å²) in [6.45, 7) is 4.14. The minimum Gasteiger partial charge on any atom is -0.391 e. The number of nitrogens with one attached hydrogen (secondary N) is 1. The highest BCUT2D eigenvalue weighted by molar-refractivity contribution is 6.97. The Morgan fingerprint density at radius 2 is 2.21 bits per heavy atom. The van der Waals surface area contributed by atoms with E-state index in [-0.39, 0.29) is 18.4 Å². The van der Waals surface area contributed by atoms with E-state index in [9.17, 15) is 9.90 Å². The van der Waals surface area contributed by atoms with Crippen molar-refractivity contribution in [2.45, 2.75) is 63.3 Å². The summed E-state index contributed by atoms with van der Waals surface area (Å²) >= 11 is 0. The van der Waals surface area contributed by atoms with Gasteiger partial charge in [-0.3, -0.25) is 4.79 Å². The molecule has 3 radical (unpaired) electrons. The number of nitrogens with zero attached hydrogens (tertiary/aromatic N) is 3. The lowest BCUT2D eigenvalue weighted by Gasteiger charge is -2.30. The summed E-state index contributed by atoms with van der Waals surface area (Å²) in [5, 5.41) is 14.4. The summed E-state index contributed by atoms with van der Waals surface area (Å²) in [6.07, 6.45) is 2.46. The number of β-amino-alcohol motifs (C(OH)–C–C–N with tert-alkyl or cyclic N) is 1. The maximum absolute atomic E-state index is 13.7. The van der Waals surface area contributed by atoms with E-state index in [1.807, 2.05) is 26.0 Å². The molecule has 2 N–H and O–H groups in total. The van der Waals surface area contributed by atoms with Crippen molar-refractivity contribution >= 4 is 32.2 Å². The minimum absolute atomic E-state index is 0.0410. The smallest absolute Gasteiger partial charge is 0.234 e. The first-order valence-corrected chi connectivity index (χ1v) is 11.5. The number of fused-ring (bicyclic) bond motifs is 2. The predicted octanol–water partition coefficient (Wildman–Crippen LogP) is 0.912. The van der Waals surface area contributed by atoms with Gasteiger partial charge in [0, 0.05) is 38.3 Å². The highest BCUT2D eigenvalue weighted by atomic mass is 16.7. The second-order valence-corrected chi connectivity index (χ2v) is 9.43. The molecule has 0 bridgehead atoms. The summed E-state index contributed by atoms with van der Waals surface area (Å²) in [7, 11) is 6.89. The molecule has 1 aromatic heterocycles. The lowest BCUT2D eigenvalue weighted by Crippen LogP contribution is -2.46. The van der Waals surface area contributed by atoms with Crippen LogP contribution in [0.15, 0.2) is 39.8 Å². The number of aliphatic hydroxyl groups is 1. The molecular weight excluding hydrogens is 418 g/mol. The van der Waals surface area contributed by atoms with Crippen molar-refractivity contribution in [3.05, 3.63) is 47.2 Å². The number of aliphatic hydroxyl groups excluding tert-OH is 1. The second kappa shape index (κ2) is 8.65. The first-order chi connectivity index (χ1) is 15.9. The molecular formula is C23H27B2N4O4. The zero-order valence-corrected chi connectivity index (χ0v) is 18.9. The van der Waals surface area contributed by atoms with Crippen molar-refractivity contribution in [3.8, 4) is 0 Å². The Morgan fingerprint density at radius 1 is 1.39 bits per heavy atom. The van der Waals surface area contributed by atoms with E-state index in [1.165, 1.54) is 12.7 Å². The fraction of sp³-hybridized carbons (Fsp3) is 0.522. The Bertz CT molecular complexity index is 1070. The molecule has 8 nitrogen and oxygen atoms in total. The number of amidine groups is 1. The number of aryl methyl sites for hydroxylation is 1. The summed E-state index contributed by atoms with van der Waals surface area (Å²) in [5.74, 6) is 0.308. The summed E-state index contributed by atoms with van der Waals surface area (Å²) in [4.78, 5) is 26.5. The molecule has 10 heteroatoms. The van der Waals surface area contributed by atoms with Gasteiger partial charge in [0.15, 0.2) is 0 Å². The van der Waals surface area contributed by atoms with Gasteiger partial charge >= 0.3 is 0 Å². The van der Waals surface area contributed by atoms with Gasteiger partial charge in [0.2, 0.25) is 11.6 Å². The van der Waals surface area contributed by atoms with Crippen molar-refractivity contribution < 1.29 is 19.3 Å². The summed E-state index contributed by atoms with van der Waals surface area (Å²) < 4.78 is 5.43. The lowest BCUT2D eigenvalue weighted by molar-refractivity contribution is -0.134. The van der Waals surface area contributed by atoms with Crippen LogP contribution in [0.4, 0.5) is 0 Å². The quantitative estimate of drug-likeness (QED) is 0.665. The van der Waals surface area contributed by atoms with Gasteiger partial charge in [0.05, 0.1) is 12.1 Å². The maximum Gasteiger partial charge on any atom is 0.234 e.